The van der Waals surface area contributed by atoms with Gasteiger partial charge in [-0.3, -0.25) is 0 Å². The van der Waals surface area contributed by atoms with Gasteiger partial charge in [0.05, 0.1) is 12.1 Å². The van der Waals surface area contributed by atoms with Gasteiger partial charge in [0.25, 0.3) is 0 Å². The molecular formula is C17H14ClFN2O. The summed E-state index contributed by atoms with van der Waals surface area (Å²) in [5, 5.41) is 4.26. The minimum atomic E-state index is -0.440. The highest BCUT2D eigenvalue weighted by Crippen LogP contribution is 2.32. The summed E-state index contributed by atoms with van der Waals surface area (Å²) < 4.78 is 18.6. The number of methoxy groups -OCH3 is 1. The maximum absolute atomic E-state index is 13.3. The van der Waals surface area contributed by atoms with Gasteiger partial charge in [-0.2, -0.15) is 0 Å². The highest BCUT2D eigenvalue weighted by atomic mass is 35.5. The third-order valence-corrected chi connectivity index (χ3v) is 3.64. The van der Waals surface area contributed by atoms with E-state index in [1.807, 2.05) is 31.2 Å². The molecule has 2 aromatic carbocycles. The molecule has 0 aliphatic carbocycles. The monoisotopic (exact) mass is 316 g/mol. The van der Waals surface area contributed by atoms with Gasteiger partial charge in [-0.15, -0.1) is 0 Å². The maximum atomic E-state index is 13.3. The summed E-state index contributed by atoms with van der Waals surface area (Å²) in [4.78, 5) is 4.53. The zero-order valence-corrected chi connectivity index (χ0v) is 12.9. The Labute approximate surface area is 132 Å². The topological polar surface area (TPSA) is 34.1 Å². The average Bonchev–Trinajstić information content (AvgIpc) is 2.50. The highest BCUT2D eigenvalue weighted by molar-refractivity contribution is 6.31. The number of ether oxygens (including phenoxy) is 1. The first-order valence-electron chi connectivity index (χ1n) is 6.75. The van der Waals surface area contributed by atoms with E-state index in [9.17, 15) is 4.39 Å². The van der Waals surface area contributed by atoms with Crippen molar-refractivity contribution in [2.75, 3.05) is 12.4 Å². The molecule has 0 atom stereocenters. The van der Waals surface area contributed by atoms with E-state index in [1.165, 1.54) is 6.07 Å². The van der Waals surface area contributed by atoms with Crippen LogP contribution in [-0.2, 0) is 0 Å². The summed E-state index contributed by atoms with van der Waals surface area (Å²) in [7, 11) is 1.62. The van der Waals surface area contributed by atoms with Crippen molar-refractivity contribution >= 4 is 33.9 Å². The number of fused-ring (bicyclic) bond motifs is 1. The number of benzene rings is 2. The van der Waals surface area contributed by atoms with Crippen LogP contribution in [0.25, 0.3) is 10.9 Å². The fraction of sp³-hybridized carbons (Fsp3) is 0.118. The van der Waals surface area contributed by atoms with Gasteiger partial charge in [-0.1, -0.05) is 23.7 Å². The fourth-order valence-electron chi connectivity index (χ4n) is 2.35. The van der Waals surface area contributed by atoms with Crippen LogP contribution in [0, 0.1) is 12.7 Å². The maximum Gasteiger partial charge on any atom is 0.145 e. The number of halogens is 2. The molecule has 5 heteroatoms. The standard InChI is InChI=1S/C17H14ClFN2O/c1-10-8-15(21-11-6-7-14(19)13(18)9-11)12-4-3-5-16(22-2)17(12)20-10/h3-9H,1-2H3,(H,20,21). The number of pyridine rings is 1. The Hall–Kier alpha value is -2.33. The smallest absolute Gasteiger partial charge is 0.145 e. The Kier molecular flexibility index (Phi) is 3.86. The highest BCUT2D eigenvalue weighted by Gasteiger charge is 2.09. The first-order chi connectivity index (χ1) is 10.6. The summed E-state index contributed by atoms with van der Waals surface area (Å²) in [6, 6.07) is 12.2. The van der Waals surface area contributed by atoms with E-state index < -0.39 is 5.82 Å². The van der Waals surface area contributed by atoms with Crippen LogP contribution in [0.2, 0.25) is 5.02 Å². The molecule has 1 aromatic heterocycles. The molecule has 0 aliphatic rings. The summed E-state index contributed by atoms with van der Waals surface area (Å²) in [6.07, 6.45) is 0. The summed E-state index contributed by atoms with van der Waals surface area (Å²) in [5.74, 6) is 0.269. The van der Waals surface area contributed by atoms with Crippen LogP contribution >= 0.6 is 11.6 Å². The number of hydrogen-bond acceptors (Lipinski definition) is 3. The molecular weight excluding hydrogens is 303 g/mol. The van der Waals surface area contributed by atoms with E-state index in [4.69, 9.17) is 16.3 Å². The first-order valence-corrected chi connectivity index (χ1v) is 7.12. The molecule has 0 amide bonds. The second-order valence-electron chi connectivity index (χ2n) is 4.92. The molecule has 3 nitrogen and oxygen atoms in total. The van der Waals surface area contributed by atoms with Crippen molar-refractivity contribution in [2.24, 2.45) is 0 Å². The molecule has 0 spiro atoms. The number of aromatic nitrogens is 1. The predicted octanol–water partition coefficient (Wildman–Crippen LogP) is 5.09. The lowest BCUT2D eigenvalue weighted by molar-refractivity contribution is 0.419. The molecule has 0 bridgehead atoms. The Bertz CT molecular complexity index is 851. The molecule has 112 valence electrons. The van der Waals surface area contributed by atoms with Crippen molar-refractivity contribution in [2.45, 2.75) is 6.92 Å². The van der Waals surface area contributed by atoms with Crippen LogP contribution in [0.4, 0.5) is 15.8 Å². The average molecular weight is 317 g/mol. The molecule has 1 N–H and O–H groups in total. The molecule has 0 unspecified atom stereocenters. The second kappa shape index (κ2) is 5.81. The lowest BCUT2D eigenvalue weighted by atomic mass is 10.1. The van der Waals surface area contributed by atoms with Crippen molar-refractivity contribution in [1.82, 2.24) is 4.98 Å². The van der Waals surface area contributed by atoms with Crippen LogP contribution in [0.3, 0.4) is 0 Å². The van der Waals surface area contributed by atoms with Crippen molar-refractivity contribution in [3.8, 4) is 5.75 Å². The first kappa shape index (κ1) is 14.6. The Morgan fingerprint density at radius 1 is 1.18 bits per heavy atom. The number of nitrogens with one attached hydrogen (secondary N) is 1. The van der Waals surface area contributed by atoms with Crippen molar-refractivity contribution in [1.29, 1.82) is 0 Å². The summed E-state index contributed by atoms with van der Waals surface area (Å²) in [6.45, 7) is 1.91. The van der Waals surface area contributed by atoms with E-state index >= 15 is 0 Å². The van der Waals surface area contributed by atoms with Crippen molar-refractivity contribution in [3.05, 3.63) is 59.0 Å². The third-order valence-electron chi connectivity index (χ3n) is 3.35. The van der Waals surface area contributed by atoms with Crippen molar-refractivity contribution < 1.29 is 9.13 Å². The van der Waals surface area contributed by atoms with Crippen LogP contribution in [0.1, 0.15) is 5.69 Å². The minimum absolute atomic E-state index is 0.0812. The van der Waals surface area contributed by atoms with Crippen LogP contribution in [-0.4, -0.2) is 12.1 Å². The number of nitrogens with zero attached hydrogens (tertiary/aromatic N) is 1. The van der Waals surface area contributed by atoms with Crippen molar-refractivity contribution in [3.63, 3.8) is 0 Å². The molecule has 3 aromatic rings. The summed E-state index contributed by atoms with van der Waals surface area (Å²) >= 11 is 5.83. The number of para-hydroxylation sites is 1. The van der Waals surface area contributed by atoms with Crippen LogP contribution in [0.15, 0.2) is 42.5 Å². The normalized spacial score (nSPS) is 10.7. The minimum Gasteiger partial charge on any atom is -0.494 e. The Morgan fingerprint density at radius 3 is 2.73 bits per heavy atom. The molecule has 0 saturated heterocycles. The SMILES string of the molecule is COc1cccc2c(Nc3ccc(F)c(Cl)c3)cc(C)nc12. The Morgan fingerprint density at radius 2 is 2.00 bits per heavy atom. The van der Waals surface area contributed by atoms with Crippen LogP contribution < -0.4 is 10.1 Å². The quantitative estimate of drug-likeness (QED) is 0.731. The largest absolute Gasteiger partial charge is 0.494 e. The Balaban J connectivity index is 2.12. The predicted molar refractivity (Wildman–Crippen MR) is 87.7 cm³/mol. The number of aryl methyl sites for hydroxylation is 1. The zero-order valence-electron chi connectivity index (χ0n) is 12.2. The van der Waals surface area contributed by atoms with Gasteiger partial charge >= 0.3 is 0 Å². The van der Waals surface area contributed by atoms with E-state index in [0.717, 1.165) is 22.3 Å². The van der Waals surface area contributed by atoms with Gasteiger partial charge in [-0.05, 0) is 37.3 Å². The van der Waals surface area contributed by atoms with Gasteiger partial charge in [0.1, 0.15) is 17.1 Å². The zero-order chi connectivity index (χ0) is 15.7. The number of anilines is 2. The van der Waals surface area contributed by atoms with E-state index in [-0.39, 0.29) is 5.02 Å². The summed E-state index contributed by atoms with van der Waals surface area (Å²) in [5.41, 5.74) is 3.21. The molecule has 0 radical (unpaired) electrons. The molecule has 3 rings (SSSR count). The molecule has 22 heavy (non-hydrogen) atoms. The number of rotatable bonds is 3. The van der Waals surface area contributed by atoms with E-state index in [1.54, 1.807) is 19.2 Å². The lowest BCUT2D eigenvalue weighted by Crippen LogP contribution is -1.96. The van der Waals surface area contributed by atoms with Gasteiger partial charge in [0.2, 0.25) is 0 Å². The third kappa shape index (κ3) is 2.70. The van der Waals surface area contributed by atoms with Gasteiger partial charge < -0.3 is 10.1 Å². The van der Waals surface area contributed by atoms with E-state index in [2.05, 4.69) is 10.3 Å². The molecule has 0 fully saturated rings. The van der Waals surface area contributed by atoms with Gasteiger partial charge in [0.15, 0.2) is 0 Å². The number of hydrogen-bond donors (Lipinski definition) is 1. The molecule has 0 saturated carbocycles. The van der Waals surface area contributed by atoms with Crippen LogP contribution in [0.5, 0.6) is 5.75 Å². The van der Waals surface area contributed by atoms with E-state index in [0.29, 0.717) is 11.4 Å². The van der Waals surface area contributed by atoms with Gasteiger partial charge in [-0.25, -0.2) is 9.37 Å². The fourth-order valence-corrected chi connectivity index (χ4v) is 2.53. The molecule has 0 aliphatic heterocycles. The second-order valence-corrected chi connectivity index (χ2v) is 5.33. The molecule has 1 heterocycles. The van der Waals surface area contributed by atoms with Gasteiger partial charge in [0, 0.05) is 22.5 Å². The lowest BCUT2D eigenvalue weighted by Gasteiger charge is -2.13.